The number of benzene rings is 2. The lowest BCUT2D eigenvalue weighted by molar-refractivity contribution is -0.133. The fourth-order valence-corrected chi connectivity index (χ4v) is 6.32. The normalized spacial score (nSPS) is 25.5. The van der Waals surface area contributed by atoms with Gasteiger partial charge in [-0.25, -0.2) is 0 Å². The van der Waals surface area contributed by atoms with Gasteiger partial charge in [0.05, 0.1) is 0 Å². The molecule has 0 unspecified atom stereocenters. The lowest BCUT2D eigenvalue weighted by atomic mass is 9.79. The van der Waals surface area contributed by atoms with Crippen molar-refractivity contribution in [2.45, 2.75) is 51.7 Å². The first kappa shape index (κ1) is 24.5. The third kappa shape index (κ3) is 6.72. The van der Waals surface area contributed by atoms with Crippen LogP contribution in [0.3, 0.4) is 0 Å². The highest BCUT2D eigenvalue weighted by molar-refractivity contribution is 5.76. The summed E-state index contributed by atoms with van der Waals surface area (Å²) in [5.41, 5.74) is 4.09. The Balaban J connectivity index is 1.02. The number of amides is 1. The number of rotatable bonds is 8. The summed E-state index contributed by atoms with van der Waals surface area (Å²) in [4.78, 5) is 20.1. The first-order valence-electron chi connectivity index (χ1n) is 13.7. The summed E-state index contributed by atoms with van der Waals surface area (Å²) in [5.74, 6) is 1.83. The third-order valence-corrected chi connectivity index (χ3v) is 8.29. The van der Waals surface area contributed by atoms with Crippen LogP contribution < -0.4 is 5.32 Å². The van der Waals surface area contributed by atoms with Crippen molar-refractivity contribution in [2.24, 2.45) is 11.8 Å². The fourth-order valence-electron chi connectivity index (χ4n) is 6.32. The van der Waals surface area contributed by atoms with Crippen LogP contribution >= 0.6 is 0 Å². The molecule has 2 aromatic rings. The SMILES string of the molecule is Cc1ccc(CN2CCN(C(=O)CCC[C@H]3NC[C@@H]4C[C@H]3CN(Cc3ccccc3)C4)CC2)cc1. The van der Waals surface area contributed by atoms with Crippen molar-refractivity contribution < 1.29 is 4.79 Å². The van der Waals surface area contributed by atoms with Crippen molar-refractivity contribution in [3.05, 3.63) is 71.3 Å². The molecule has 5 heteroatoms. The largest absolute Gasteiger partial charge is 0.340 e. The zero-order valence-corrected chi connectivity index (χ0v) is 21.4. The van der Waals surface area contributed by atoms with Crippen molar-refractivity contribution in [3.8, 4) is 0 Å². The molecule has 3 aliphatic rings. The molecule has 3 heterocycles. The van der Waals surface area contributed by atoms with Crippen LogP contribution in [-0.2, 0) is 17.9 Å². The second kappa shape index (κ2) is 11.7. The van der Waals surface area contributed by atoms with Crippen LogP contribution in [0.2, 0.25) is 0 Å². The molecule has 1 amide bonds. The lowest BCUT2D eigenvalue weighted by Gasteiger charge is -2.46. The average Bonchev–Trinajstić information content (AvgIpc) is 2.88. The highest BCUT2D eigenvalue weighted by Crippen LogP contribution is 2.31. The summed E-state index contributed by atoms with van der Waals surface area (Å²) in [6, 6.07) is 20.3. The highest BCUT2D eigenvalue weighted by atomic mass is 16.2. The topological polar surface area (TPSA) is 38.8 Å². The van der Waals surface area contributed by atoms with Crippen LogP contribution in [0.4, 0.5) is 0 Å². The van der Waals surface area contributed by atoms with Gasteiger partial charge in [0.1, 0.15) is 0 Å². The molecular formula is C30H42N4O. The maximum Gasteiger partial charge on any atom is 0.222 e. The Labute approximate surface area is 211 Å². The number of hydrogen-bond donors (Lipinski definition) is 1. The van der Waals surface area contributed by atoms with E-state index in [2.05, 4.69) is 81.5 Å². The maximum atomic E-state index is 12.9. The van der Waals surface area contributed by atoms with E-state index in [1.54, 1.807) is 0 Å². The average molecular weight is 475 g/mol. The summed E-state index contributed by atoms with van der Waals surface area (Å²) in [7, 11) is 0. The van der Waals surface area contributed by atoms with E-state index in [1.807, 2.05) is 0 Å². The summed E-state index contributed by atoms with van der Waals surface area (Å²) >= 11 is 0. The van der Waals surface area contributed by atoms with Crippen molar-refractivity contribution in [1.82, 2.24) is 20.0 Å². The van der Waals surface area contributed by atoms with Gasteiger partial charge < -0.3 is 10.2 Å². The molecule has 0 aliphatic carbocycles. The first-order valence-corrected chi connectivity index (χ1v) is 13.7. The van der Waals surface area contributed by atoms with Gasteiger partial charge in [-0.05, 0) is 55.7 Å². The minimum Gasteiger partial charge on any atom is -0.340 e. The molecule has 5 nitrogen and oxygen atoms in total. The predicted molar refractivity (Wildman–Crippen MR) is 142 cm³/mol. The number of carbonyl (C=O) groups is 1. The van der Waals surface area contributed by atoms with Crippen LogP contribution in [0, 0.1) is 18.8 Å². The second-order valence-corrected chi connectivity index (χ2v) is 11.1. The van der Waals surface area contributed by atoms with Gasteiger partial charge >= 0.3 is 0 Å². The monoisotopic (exact) mass is 474 g/mol. The van der Waals surface area contributed by atoms with E-state index in [9.17, 15) is 4.79 Å². The van der Waals surface area contributed by atoms with Gasteiger partial charge in [-0.3, -0.25) is 14.6 Å². The van der Waals surface area contributed by atoms with Gasteiger partial charge in [-0.1, -0.05) is 60.2 Å². The standard InChI is InChI=1S/C30H42N4O/c1-24-10-12-26(13-11-24)20-32-14-16-34(17-15-32)30(35)9-5-8-29-28-18-27(19-31-29)22-33(23-28)21-25-6-3-2-4-7-25/h2-4,6-7,10-13,27-29,31H,5,8-9,14-23H2,1H3/t27-,28-,29+/m0/s1. The van der Waals surface area contributed by atoms with Crippen molar-refractivity contribution in [1.29, 1.82) is 0 Å². The second-order valence-electron chi connectivity index (χ2n) is 11.1. The molecular weight excluding hydrogens is 432 g/mol. The molecule has 35 heavy (non-hydrogen) atoms. The molecule has 1 N–H and O–H groups in total. The third-order valence-electron chi connectivity index (χ3n) is 8.29. The van der Waals surface area contributed by atoms with Gasteiger partial charge in [0.15, 0.2) is 0 Å². The maximum absolute atomic E-state index is 12.9. The lowest BCUT2D eigenvalue weighted by Crippen LogP contribution is -2.55. The van der Waals surface area contributed by atoms with E-state index in [1.165, 1.54) is 36.2 Å². The van der Waals surface area contributed by atoms with Crippen molar-refractivity contribution in [2.75, 3.05) is 45.8 Å². The molecule has 3 fully saturated rings. The van der Waals surface area contributed by atoms with Gasteiger partial charge in [0.25, 0.3) is 0 Å². The summed E-state index contributed by atoms with van der Waals surface area (Å²) < 4.78 is 0. The van der Waals surface area contributed by atoms with Crippen LogP contribution in [0.15, 0.2) is 54.6 Å². The molecule has 0 radical (unpaired) electrons. The molecule has 5 rings (SSSR count). The number of piperazine rings is 1. The van der Waals surface area contributed by atoms with Crippen LogP contribution in [0.1, 0.15) is 42.4 Å². The van der Waals surface area contributed by atoms with Gasteiger partial charge in [0, 0.05) is 64.8 Å². The summed E-state index contributed by atoms with van der Waals surface area (Å²) in [6.07, 6.45) is 4.16. The number of piperidine rings is 2. The van der Waals surface area contributed by atoms with E-state index in [-0.39, 0.29) is 0 Å². The molecule has 2 bridgehead atoms. The minimum absolute atomic E-state index is 0.350. The summed E-state index contributed by atoms with van der Waals surface area (Å²) in [6.45, 7) is 11.4. The number of likely N-dealkylation sites (tertiary alicyclic amines) is 1. The molecule has 0 aromatic heterocycles. The van der Waals surface area contributed by atoms with Crippen LogP contribution in [0.25, 0.3) is 0 Å². The Hall–Kier alpha value is -2.21. The summed E-state index contributed by atoms with van der Waals surface area (Å²) in [5, 5.41) is 3.83. The van der Waals surface area contributed by atoms with E-state index in [0.717, 1.165) is 64.6 Å². The molecule has 3 atom stereocenters. The zero-order chi connectivity index (χ0) is 24.0. The Bertz CT molecular complexity index is 939. The smallest absolute Gasteiger partial charge is 0.222 e. The quantitative estimate of drug-likeness (QED) is 0.630. The number of nitrogens with zero attached hydrogens (tertiary/aromatic N) is 3. The fraction of sp³-hybridized carbons (Fsp3) is 0.567. The van der Waals surface area contributed by atoms with Gasteiger partial charge in [-0.2, -0.15) is 0 Å². The zero-order valence-electron chi connectivity index (χ0n) is 21.4. The number of nitrogens with one attached hydrogen (secondary N) is 1. The van der Waals surface area contributed by atoms with Crippen molar-refractivity contribution in [3.63, 3.8) is 0 Å². The molecule has 3 aliphatic heterocycles. The molecule has 0 spiro atoms. The highest BCUT2D eigenvalue weighted by Gasteiger charge is 2.36. The molecule has 2 aromatic carbocycles. The number of carbonyl (C=O) groups excluding carboxylic acids is 1. The minimum atomic E-state index is 0.350. The van der Waals surface area contributed by atoms with E-state index in [4.69, 9.17) is 0 Å². The number of hydrogen-bond acceptors (Lipinski definition) is 4. The number of aryl methyl sites for hydroxylation is 1. The number of fused-ring (bicyclic) bond motifs is 2. The van der Waals surface area contributed by atoms with Gasteiger partial charge in [0.2, 0.25) is 5.91 Å². The van der Waals surface area contributed by atoms with Crippen LogP contribution in [-0.4, -0.2) is 72.5 Å². The van der Waals surface area contributed by atoms with E-state index >= 15 is 0 Å². The Morgan fingerprint density at radius 3 is 2.37 bits per heavy atom. The Kier molecular flexibility index (Phi) is 8.17. The Morgan fingerprint density at radius 2 is 1.60 bits per heavy atom. The molecule has 188 valence electrons. The molecule has 3 saturated heterocycles. The van der Waals surface area contributed by atoms with Crippen molar-refractivity contribution >= 4 is 5.91 Å². The van der Waals surface area contributed by atoms with Crippen LogP contribution in [0.5, 0.6) is 0 Å². The first-order chi connectivity index (χ1) is 17.1. The van der Waals surface area contributed by atoms with E-state index in [0.29, 0.717) is 24.3 Å². The predicted octanol–water partition coefficient (Wildman–Crippen LogP) is 3.92. The van der Waals surface area contributed by atoms with E-state index < -0.39 is 0 Å². The van der Waals surface area contributed by atoms with Gasteiger partial charge in [-0.15, -0.1) is 0 Å². The molecule has 0 saturated carbocycles. The Morgan fingerprint density at radius 1 is 0.886 bits per heavy atom.